The van der Waals surface area contributed by atoms with Crippen molar-refractivity contribution in [3.63, 3.8) is 0 Å². The highest BCUT2D eigenvalue weighted by molar-refractivity contribution is 5.99. The zero-order chi connectivity index (χ0) is 24.6. The molecule has 1 heterocycles. The van der Waals surface area contributed by atoms with Crippen molar-refractivity contribution < 1.29 is 28.7 Å². The molecule has 0 unspecified atom stereocenters. The van der Waals surface area contributed by atoms with Crippen molar-refractivity contribution in [2.75, 3.05) is 43.1 Å². The number of carbonyl (C=O) groups is 2. The van der Waals surface area contributed by atoms with Crippen LogP contribution in [-0.2, 0) is 14.3 Å². The lowest BCUT2D eigenvalue weighted by molar-refractivity contribution is -0.384. The molecule has 0 aromatic heterocycles. The van der Waals surface area contributed by atoms with Crippen molar-refractivity contribution in [1.82, 2.24) is 0 Å². The molecule has 35 heavy (non-hydrogen) atoms. The Labute approximate surface area is 201 Å². The number of ether oxygens (including phenoxy) is 3. The first-order valence-corrected chi connectivity index (χ1v) is 10.9. The molecule has 0 atom stereocenters. The molecular formula is C25H23N3O7. The first kappa shape index (κ1) is 23.7. The molecule has 0 aliphatic carbocycles. The van der Waals surface area contributed by atoms with Gasteiger partial charge in [0.15, 0.2) is 12.4 Å². The molecule has 10 heteroatoms. The van der Waals surface area contributed by atoms with E-state index in [-0.39, 0.29) is 11.3 Å². The number of rotatable bonds is 8. The van der Waals surface area contributed by atoms with E-state index in [1.807, 2.05) is 23.1 Å². The lowest BCUT2D eigenvalue weighted by Gasteiger charge is -2.30. The second-order valence-electron chi connectivity index (χ2n) is 7.59. The fourth-order valence-electron chi connectivity index (χ4n) is 3.55. The third-order valence-electron chi connectivity index (χ3n) is 5.23. The largest absolute Gasteiger partial charge is 0.455 e. The maximum absolute atomic E-state index is 12.8. The van der Waals surface area contributed by atoms with Crippen molar-refractivity contribution in [1.29, 1.82) is 0 Å². The van der Waals surface area contributed by atoms with E-state index in [1.165, 1.54) is 12.1 Å². The average molecular weight is 477 g/mol. The molecule has 0 radical (unpaired) electrons. The SMILES string of the molecule is O=C(COC(=O)c1cc([N+](=O)[O-])ccc1N1CCOCC1)Nc1ccccc1Oc1ccccc1. The summed E-state index contributed by atoms with van der Waals surface area (Å²) in [6.45, 7) is 1.41. The highest BCUT2D eigenvalue weighted by Crippen LogP contribution is 2.30. The number of nitro benzene ring substituents is 1. The predicted octanol–water partition coefficient (Wildman–Crippen LogP) is 4.02. The van der Waals surface area contributed by atoms with Gasteiger partial charge in [-0.15, -0.1) is 0 Å². The predicted molar refractivity (Wildman–Crippen MR) is 128 cm³/mol. The topological polar surface area (TPSA) is 120 Å². The number of para-hydroxylation sites is 3. The summed E-state index contributed by atoms with van der Waals surface area (Å²) in [5.41, 5.74) is 0.666. The summed E-state index contributed by atoms with van der Waals surface area (Å²) < 4.78 is 16.4. The molecule has 1 aliphatic heterocycles. The first-order valence-electron chi connectivity index (χ1n) is 10.9. The summed E-state index contributed by atoms with van der Waals surface area (Å²) in [4.78, 5) is 37.9. The number of amides is 1. The monoisotopic (exact) mass is 477 g/mol. The molecule has 0 saturated carbocycles. The van der Waals surface area contributed by atoms with E-state index >= 15 is 0 Å². The normalized spacial score (nSPS) is 13.1. The third-order valence-corrected chi connectivity index (χ3v) is 5.23. The van der Waals surface area contributed by atoms with Gasteiger partial charge in [0.05, 0.1) is 35.1 Å². The zero-order valence-electron chi connectivity index (χ0n) is 18.7. The van der Waals surface area contributed by atoms with Crippen LogP contribution in [-0.4, -0.2) is 49.7 Å². The highest BCUT2D eigenvalue weighted by Gasteiger charge is 2.23. The van der Waals surface area contributed by atoms with Crippen molar-refractivity contribution >= 4 is 28.9 Å². The second kappa shape index (κ2) is 11.1. The number of anilines is 2. The van der Waals surface area contributed by atoms with Gasteiger partial charge in [-0.1, -0.05) is 30.3 Å². The van der Waals surface area contributed by atoms with Crippen LogP contribution in [0, 0.1) is 10.1 Å². The van der Waals surface area contributed by atoms with Crippen LogP contribution in [0.1, 0.15) is 10.4 Å². The zero-order valence-corrected chi connectivity index (χ0v) is 18.7. The molecular weight excluding hydrogens is 454 g/mol. The van der Waals surface area contributed by atoms with Crippen LogP contribution in [0.25, 0.3) is 0 Å². The Bertz CT molecular complexity index is 1210. The van der Waals surface area contributed by atoms with E-state index in [0.29, 0.717) is 49.2 Å². The maximum Gasteiger partial charge on any atom is 0.341 e. The Morgan fingerprint density at radius 2 is 1.71 bits per heavy atom. The van der Waals surface area contributed by atoms with E-state index in [0.717, 1.165) is 6.07 Å². The van der Waals surface area contributed by atoms with Crippen LogP contribution in [0.15, 0.2) is 72.8 Å². The van der Waals surface area contributed by atoms with Crippen LogP contribution >= 0.6 is 0 Å². The van der Waals surface area contributed by atoms with Crippen molar-refractivity contribution in [3.05, 3.63) is 88.5 Å². The Morgan fingerprint density at radius 3 is 2.46 bits per heavy atom. The minimum Gasteiger partial charge on any atom is -0.455 e. The van der Waals surface area contributed by atoms with Gasteiger partial charge < -0.3 is 24.4 Å². The fraction of sp³-hybridized carbons (Fsp3) is 0.200. The van der Waals surface area contributed by atoms with Crippen molar-refractivity contribution in [2.24, 2.45) is 0 Å². The quantitative estimate of drug-likeness (QED) is 0.293. The van der Waals surface area contributed by atoms with Crippen LogP contribution in [0.4, 0.5) is 17.1 Å². The van der Waals surface area contributed by atoms with Crippen LogP contribution in [0.5, 0.6) is 11.5 Å². The Morgan fingerprint density at radius 1 is 1.00 bits per heavy atom. The number of hydrogen-bond donors (Lipinski definition) is 1. The summed E-state index contributed by atoms with van der Waals surface area (Å²) in [5, 5.41) is 13.9. The van der Waals surface area contributed by atoms with Gasteiger partial charge in [0.2, 0.25) is 0 Å². The van der Waals surface area contributed by atoms with Gasteiger partial charge in [0.1, 0.15) is 5.75 Å². The van der Waals surface area contributed by atoms with Gasteiger partial charge in [-0.25, -0.2) is 4.79 Å². The summed E-state index contributed by atoms with van der Waals surface area (Å²) >= 11 is 0. The van der Waals surface area contributed by atoms with E-state index < -0.39 is 23.4 Å². The fourth-order valence-corrected chi connectivity index (χ4v) is 3.55. The number of nitrogens with one attached hydrogen (secondary N) is 1. The summed E-state index contributed by atoms with van der Waals surface area (Å²) in [6, 6.07) is 20.0. The number of nitro groups is 1. The number of esters is 1. The summed E-state index contributed by atoms with van der Waals surface area (Å²) in [6.07, 6.45) is 0. The Balaban J connectivity index is 1.44. The number of non-ortho nitro benzene ring substituents is 1. The lowest BCUT2D eigenvalue weighted by atomic mass is 10.1. The molecule has 180 valence electrons. The van der Waals surface area contributed by atoms with Gasteiger partial charge in [-0.2, -0.15) is 0 Å². The van der Waals surface area contributed by atoms with E-state index in [9.17, 15) is 19.7 Å². The Kier molecular flexibility index (Phi) is 7.53. The average Bonchev–Trinajstić information content (AvgIpc) is 2.89. The third kappa shape index (κ3) is 6.12. The van der Waals surface area contributed by atoms with E-state index in [1.54, 1.807) is 36.4 Å². The molecule has 1 amide bonds. The molecule has 1 N–H and O–H groups in total. The molecule has 0 bridgehead atoms. The number of benzene rings is 3. The van der Waals surface area contributed by atoms with Crippen molar-refractivity contribution in [3.8, 4) is 11.5 Å². The minimum absolute atomic E-state index is 0.0155. The summed E-state index contributed by atoms with van der Waals surface area (Å²) in [5.74, 6) is -0.395. The molecule has 1 aliphatic rings. The van der Waals surface area contributed by atoms with E-state index in [4.69, 9.17) is 14.2 Å². The molecule has 3 aromatic rings. The van der Waals surface area contributed by atoms with Crippen LogP contribution in [0.2, 0.25) is 0 Å². The van der Waals surface area contributed by atoms with Gasteiger partial charge in [-0.3, -0.25) is 14.9 Å². The van der Waals surface area contributed by atoms with Crippen molar-refractivity contribution in [2.45, 2.75) is 0 Å². The molecule has 4 rings (SSSR count). The van der Waals surface area contributed by atoms with Gasteiger partial charge in [0, 0.05) is 25.2 Å². The highest BCUT2D eigenvalue weighted by atomic mass is 16.6. The number of morpholine rings is 1. The second-order valence-corrected chi connectivity index (χ2v) is 7.59. The minimum atomic E-state index is -0.834. The van der Waals surface area contributed by atoms with Gasteiger partial charge in [0.25, 0.3) is 11.6 Å². The van der Waals surface area contributed by atoms with Crippen LogP contribution in [0.3, 0.4) is 0 Å². The summed E-state index contributed by atoms with van der Waals surface area (Å²) in [7, 11) is 0. The Hall–Kier alpha value is -4.44. The van der Waals surface area contributed by atoms with Crippen LogP contribution < -0.4 is 15.0 Å². The smallest absolute Gasteiger partial charge is 0.341 e. The van der Waals surface area contributed by atoms with Gasteiger partial charge in [-0.05, 0) is 30.3 Å². The number of carbonyl (C=O) groups excluding carboxylic acids is 2. The maximum atomic E-state index is 12.8. The molecule has 10 nitrogen and oxygen atoms in total. The standard InChI is InChI=1S/C25H23N3O7/c29-24(26-21-8-4-5-9-23(21)35-19-6-2-1-3-7-19)17-34-25(30)20-16-18(28(31)32)10-11-22(20)27-12-14-33-15-13-27/h1-11,16H,12-15,17H2,(H,26,29). The first-order chi connectivity index (χ1) is 17.0. The molecule has 1 saturated heterocycles. The number of nitrogens with zero attached hydrogens (tertiary/aromatic N) is 2. The molecule has 3 aromatic carbocycles. The van der Waals surface area contributed by atoms with E-state index in [2.05, 4.69) is 5.32 Å². The lowest BCUT2D eigenvalue weighted by Crippen LogP contribution is -2.37. The molecule has 0 spiro atoms. The molecule has 1 fully saturated rings. The van der Waals surface area contributed by atoms with Gasteiger partial charge >= 0.3 is 5.97 Å². The number of hydrogen-bond acceptors (Lipinski definition) is 8.